The zero-order chi connectivity index (χ0) is 8.93. The van der Waals surface area contributed by atoms with E-state index in [2.05, 4.69) is 42.1 Å². The monoisotopic (exact) mass is 192 g/mol. The van der Waals surface area contributed by atoms with E-state index < -0.39 is 0 Å². The lowest BCUT2D eigenvalue weighted by Crippen LogP contribution is -2.07. The number of thioether (sulfide) groups is 1. The number of hydrogen-bond donors (Lipinski definition) is 0. The van der Waals surface area contributed by atoms with Crippen LogP contribution in [-0.2, 0) is 0 Å². The largest absolute Gasteiger partial charge is 0.123 e. The Morgan fingerprint density at radius 1 is 0.923 bits per heavy atom. The van der Waals surface area contributed by atoms with Gasteiger partial charge < -0.3 is 0 Å². The molecular formula is C12H16S. The molecule has 2 rings (SSSR count). The molecule has 70 valence electrons. The van der Waals surface area contributed by atoms with Gasteiger partial charge in [0, 0.05) is 10.1 Å². The van der Waals surface area contributed by atoms with E-state index >= 15 is 0 Å². The zero-order valence-corrected chi connectivity index (χ0v) is 8.72. The SMILES string of the molecule is c1ccc(SC2CCCCC2)cc1. The Bertz CT molecular complexity index is 237. The molecule has 1 aromatic carbocycles. The summed E-state index contributed by atoms with van der Waals surface area (Å²) in [5, 5.41) is 0.885. The third kappa shape index (κ3) is 2.77. The summed E-state index contributed by atoms with van der Waals surface area (Å²) >= 11 is 2.06. The molecular weight excluding hydrogens is 176 g/mol. The predicted molar refractivity (Wildman–Crippen MR) is 59.2 cm³/mol. The van der Waals surface area contributed by atoms with E-state index in [0.717, 1.165) is 5.25 Å². The molecule has 1 fully saturated rings. The molecule has 0 heterocycles. The molecule has 0 nitrogen and oxygen atoms in total. The summed E-state index contributed by atoms with van der Waals surface area (Å²) in [6, 6.07) is 10.8. The van der Waals surface area contributed by atoms with E-state index in [4.69, 9.17) is 0 Å². The van der Waals surface area contributed by atoms with Crippen molar-refractivity contribution in [2.24, 2.45) is 0 Å². The summed E-state index contributed by atoms with van der Waals surface area (Å²) in [6.45, 7) is 0. The first-order valence-electron chi connectivity index (χ1n) is 5.17. The molecule has 0 aliphatic heterocycles. The lowest BCUT2D eigenvalue weighted by atomic mass is 10.0. The van der Waals surface area contributed by atoms with E-state index in [1.807, 2.05) is 0 Å². The minimum Gasteiger partial charge on any atom is -0.123 e. The lowest BCUT2D eigenvalue weighted by Gasteiger charge is -2.20. The molecule has 1 saturated carbocycles. The van der Waals surface area contributed by atoms with Crippen LogP contribution in [0.4, 0.5) is 0 Å². The van der Waals surface area contributed by atoms with Crippen molar-refractivity contribution >= 4 is 11.8 Å². The summed E-state index contributed by atoms with van der Waals surface area (Å²) in [6.07, 6.45) is 7.15. The molecule has 0 atom stereocenters. The Morgan fingerprint density at radius 2 is 1.62 bits per heavy atom. The fourth-order valence-corrected chi connectivity index (χ4v) is 3.14. The fraction of sp³-hybridized carbons (Fsp3) is 0.500. The number of rotatable bonds is 2. The van der Waals surface area contributed by atoms with Gasteiger partial charge in [0.05, 0.1) is 0 Å². The molecule has 1 aromatic rings. The lowest BCUT2D eigenvalue weighted by molar-refractivity contribution is 0.516. The fourth-order valence-electron chi connectivity index (χ4n) is 1.87. The average molecular weight is 192 g/mol. The maximum absolute atomic E-state index is 2.22. The summed E-state index contributed by atoms with van der Waals surface area (Å²) in [5.74, 6) is 0. The van der Waals surface area contributed by atoms with Gasteiger partial charge in [0.2, 0.25) is 0 Å². The van der Waals surface area contributed by atoms with E-state index in [-0.39, 0.29) is 0 Å². The van der Waals surface area contributed by atoms with Gasteiger partial charge in [-0.3, -0.25) is 0 Å². The Balaban J connectivity index is 1.90. The van der Waals surface area contributed by atoms with Crippen molar-refractivity contribution in [1.29, 1.82) is 0 Å². The van der Waals surface area contributed by atoms with E-state index in [9.17, 15) is 0 Å². The van der Waals surface area contributed by atoms with Gasteiger partial charge in [-0.1, -0.05) is 37.5 Å². The maximum atomic E-state index is 2.22. The Hall–Kier alpha value is -0.430. The first kappa shape index (κ1) is 9.14. The van der Waals surface area contributed by atoms with Crippen molar-refractivity contribution < 1.29 is 0 Å². The normalized spacial score (nSPS) is 18.8. The zero-order valence-electron chi connectivity index (χ0n) is 7.91. The number of benzene rings is 1. The topological polar surface area (TPSA) is 0 Å². The second-order valence-electron chi connectivity index (χ2n) is 3.69. The van der Waals surface area contributed by atoms with Crippen molar-refractivity contribution in [1.82, 2.24) is 0 Å². The molecule has 13 heavy (non-hydrogen) atoms. The second kappa shape index (κ2) is 4.71. The molecule has 0 aromatic heterocycles. The Labute approximate surface area is 84.7 Å². The van der Waals surface area contributed by atoms with Crippen LogP contribution < -0.4 is 0 Å². The molecule has 0 N–H and O–H groups in total. The summed E-state index contributed by atoms with van der Waals surface area (Å²) < 4.78 is 0. The van der Waals surface area contributed by atoms with Crippen LogP contribution in [0.3, 0.4) is 0 Å². The van der Waals surface area contributed by atoms with Crippen LogP contribution in [0.1, 0.15) is 32.1 Å². The van der Waals surface area contributed by atoms with Crippen molar-refractivity contribution in [2.75, 3.05) is 0 Å². The third-order valence-electron chi connectivity index (χ3n) is 2.60. The molecule has 1 heteroatoms. The highest BCUT2D eigenvalue weighted by molar-refractivity contribution is 8.00. The second-order valence-corrected chi connectivity index (χ2v) is 5.06. The van der Waals surface area contributed by atoms with Gasteiger partial charge in [-0.05, 0) is 25.0 Å². The average Bonchev–Trinajstić information content (AvgIpc) is 2.21. The molecule has 1 aliphatic carbocycles. The summed E-state index contributed by atoms with van der Waals surface area (Å²) in [4.78, 5) is 1.44. The van der Waals surface area contributed by atoms with Crippen LogP contribution in [0, 0.1) is 0 Å². The van der Waals surface area contributed by atoms with Crippen molar-refractivity contribution in [3.8, 4) is 0 Å². The molecule has 0 bridgehead atoms. The van der Waals surface area contributed by atoms with Crippen LogP contribution in [0.2, 0.25) is 0 Å². The molecule has 0 radical (unpaired) electrons. The summed E-state index contributed by atoms with van der Waals surface area (Å²) in [7, 11) is 0. The van der Waals surface area contributed by atoms with Gasteiger partial charge in [0.15, 0.2) is 0 Å². The quantitative estimate of drug-likeness (QED) is 0.679. The first-order valence-corrected chi connectivity index (χ1v) is 6.05. The Morgan fingerprint density at radius 3 is 2.31 bits per heavy atom. The molecule has 1 aliphatic rings. The van der Waals surface area contributed by atoms with Crippen LogP contribution in [0.5, 0.6) is 0 Å². The van der Waals surface area contributed by atoms with E-state index in [1.54, 1.807) is 0 Å². The highest BCUT2D eigenvalue weighted by Gasteiger charge is 2.13. The van der Waals surface area contributed by atoms with Gasteiger partial charge in [0.25, 0.3) is 0 Å². The van der Waals surface area contributed by atoms with Gasteiger partial charge in [-0.2, -0.15) is 0 Å². The standard InChI is InChI=1S/C12H16S/c1-3-7-11(8-4-1)13-12-9-5-2-6-10-12/h1,3-4,7-8,12H,2,5-6,9-10H2. The summed E-state index contributed by atoms with van der Waals surface area (Å²) in [5.41, 5.74) is 0. The van der Waals surface area contributed by atoms with Gasteiger partial charge in [-0.15, -0.1) is 11.8 Å². The molecule has 0 saturated heterocycles. The molecule has 0 spiro atoms. The van der Waals surface area contributed by atoms with Crippen molar-refractivity contribution in [2.45, 2.75) is 42.2 Å². The highest BCUT2D eigenvalue weighted by atomic mass is 32.2. The van der Waals surface area contributed by atoms with Crippen LogP contribution in [0.25, 0.3) is 0 Å². The maximum Gasteiger partial charge on any atom is 0.00944 e. The van der Waals surface area contributed by atoms with Gasteiger partial charge in [-0.25, -0.2) is 0 Å². The van der Waals surface area contributed by atoms with E-state index in [0.29, 0.717) is 0 Å². The van der Waals surface area contributed by atoms with Crippen molar-refractivity contribution in [3.63, 3.8) is 0 Å². The van der Waals surface area contributed by atoms with Gasteiger partial charge >= 0.3 is 0 Å². The molecule has 0 unspecified atom stereocenters. The van der Waals surface area contributed by atoms with Crippen molar-refractivity contribution in [3.05, 3.63) is 30.3 Å². The molecule has 0 amide bonds. The number of hydrogen-bond acceptors (Lipinski definition) is 1. The predicted octanol–water partition coefficient (Wildman–Crippen LogP) is 4.11. The van der Waals surface area contributed by atoms with Gasteiger partial charge in [0.1, 0.15) is 0 Å². The van der Waals surface area contributed by atoms with Crippen LogP contribution in [-0.4, -0.2) is 5.25 Å². The first-order chi connectivity index (χ1) is 6.45. The van der Waals surface area contributed by atoms with E-state index in [1.165, 1.54) is 37.0 Å². The smallest absolute Gasteiger partial charge is 0.00944 e. The van der Waals surface area contributed by atoms with Crippen LogP contribution >= 0.6 is 11.8 Å². The third-order valence-corrected chi connectivity index (χ3v) is 3.95. The highest BCUT2D eigenvalue weighted by Crippen LogP contribution is 2.33. The Kier molecular flexibility index (Phi) is 3.31. The van der Waals surface area contributed by atoms with Crippen LogP contribution in [0.15, 0.2) is 35.2 Å². The minimum atomic E-state index is 0.885. The minimum absolute atomic E-state index is 0.885.